The van der Waals surface area contributed by atoms with Gasteiger partial charge in [0.15, 0.2) is 70.8 Å². The normalized spacial score (nSPS) is 16.1. The molecule has 11 aromatic rings. The van der Waals surface area contributed by atoms with Crippen LogP contribution in [0.3, 0.4) is 0 Å². The maximum Gasteiger partial charge on any atom is 0.519 e. The number of ether oxygens (including phenoxy) is 4. The molecule has 2 aliphatic rings. The number of fused-ring (bicyclic) bond motifs is 2. The van der Waals surface area contributed by atoms with Gasteiger partial charge in [-0.1, -0.05) is 92.7 Å². The molecule has 6 heterocycles. The number of allylic oxidation sites excluding steroid dienone is 2. The second kappa shape index (κ2) is 27.9. The Kier molecular flexibility index (Phi) is 18.4. The van der Waals surface area contributed by atoms with E-state index in [1.807, 2.05) is 125 Å². The van der Waals surface area contributed by atoms with E-state index in [9.17, 15) is 28.8 Å². The summed E-state index contributed by atoms with van der Waals surface area (Å²) in [5, 5.41) is 16.4. The lowest BCUT2D eigenvalue weighted by atomic mass is 9.83. The summed E-state index contributed by atoms with van der Waals surface area (Å²) in [5.41, 5.74) is 4.14. The number of hydrogen-bond donors (Lipinski definition) is 2. The first-order valence-corrected chi connectivity index (χ1v) is 30.0. The fraction of sp³-hybridized carbons (Fsp3) is 0.217. The van der Waals surface area contributed by atoms with Crippen molar-refractivity contribution in [2.24, 2.45) is 11.8 Å². The van der Waals surface area contributed by atoms with Gasteiger partial charge in [0.1, 0.15) is 47.0 Å². The molecule has 93 heavy (non-hydrogen) atoms. The predicted octanol–water partition coefficient (Wildman–Crippen LogP) is 14.1. The number of anilines is 2. The Morgan fingerprint density at radius 2 is 0.935 bits per heavy atom. The largest absolute Gasteiger partial charge is 0.519 e. The highest BCUT2D eigenvalue weighted by Gasteiger charge is 2.33. The molecule has 2 saturated carbocycles. The first-order valence-electron chi connectivity index (χ1n) is 30.0. The van der Waals surface area contributed by atoms with Crippen molar-refractivity contribution >= 4 is 57.5 Å². The number of aromatic nitrogens is 8. The molecule has 6 aromatic heterocycles. The summed E-state index contributed by atoms with van der Waals surface area (Å²) in [4.78, 5) is 92.2. The number of ketones is 2. The first-order chi connectivity index (χ1) is 45.4. The van der Waals surface area contributed by atoms with E-state index in [1.165, 1.54) is 31.7 Å². The topological polar surface area (TPSA) is 303 Å². The number of carbonyl (C=O) groups is 4. The van der Waals surface area contributed by atoms with Gasteiger partial charge in [-0.05, 0) is 130 Å². The van der Waals surface area contributed by atoms with Crippen molar-refractivity contribution in [1.29, 1.82) is 0 Å². The van der Waals surface area contributed by atoms with Crippen molar-refractivity contribution < 1.29 is 55.8 Å². The van der Waals surface area contributed by atoms with Gasteiger partial charge in [-0.15, -0.1) is 0 Å². The van der Waals surface area contributed by atoms with Crippen LogP contribution in [0.2, 0.25) is 0 Å². The van der Waals surface area contributed by atoms with E-state index in [2.05, 4.69) is 43.7 Å². The first kappa shape index (κ1) is 61.4. The van der Waals surface area contributed by atoms with Crippen molar-refractivity contribution in [2.75, 3.05) is 10.6 Å². The van der Waals surface area contributed by atoms with Gasteiger partial charge in [0, 0.05) is 28.5 Å². The van der Waals surface area contributed by atoms with Gasteiger partial charge in [0.25, 0.3) is 0 Å². The van der Waals surface area contributed by atoms with Gasteiger partial charge in [0.2, 0.25) is 0 Å². The SMILES string of the molecule is C=CC(=O)C1CCC[C@@H](n2nc(-c3ccc(Oc4ccccc4)cc3)c3c(NC(=O)OCc4oc(=O)oc4-c4ccccc4)ncnc32)C1.C=CC(=O)C1CCC[C@@H](n2nc(-c3ccc(Oc4ccccc4)cc3)c3c(NC(=O)OCc4oc(=O)oc4C)ncnc32)C1. The second-order valence-electron chi connectivity index (χ2n) is 22.0. The Morgan fingerprint density at radius 3 is 1.38 bits per heavy atom. The number of amides is 2. The molecule has 470 valence electrons. The summed E-state index contributed by atoms with van der Waals surface area (Å²) in [6.45, 7) is 8.18. The minimum absolute atomic E-state index is 0.0130. The molecule has 0 saturated heterocycles. The molecule has 2 N–H and O–H groups in total. The Morgan fingerprint density at radius 1 is 0.516 bits per heavy atom. The van der Waals surface area contributed by atoms with Gasteiger partial charge >= 0.3 is 23.8 Å². The maximum absolute atomic E-state index is 13.2. The molecule has 13 rings (SSSR count). The van der Waals surface area contributed by atoms with Gasteiger partial charge in [-0.2, -0.15) is 10.2 Å². The summed E-state index contributed by atoms with van der Waals surface area (Å²) < 4.78 is 46.4. The van der Waals surface area contributed by atoms with Crippen LogP contribution in [0.4, 0.5) is 21.2 Å². The van der Waals surface area contributed by atoms with E-state index < -0.39 is 23.8 Å². The highest BCUT2D eigenvalue weighted by Crippen LogP contribution is 2.42. The van der Waals surface area contributed by atoms with Crippen LogP contribution in [0.25, 0.3) is 55.9 Å². The van der Waals surface area contributed by atoms with Gasteiger partial charge in [0.05, 0.1) is 22.9 Å². The average Bonchev–Trinajstić information content (AvgIpc) is 1.63. The van der Waals surface area contributed by atoms with Gasteiger partial charge in [-0.25, -0.2) is 48.5 Å². The summed E-state index contributed by atoms with van der Waals surface area (Å²) in [6.07, 6.45) is 9.83. The zero-order valence-corrected chi connectivity index (χ0v) is 50.2. The zero-order valence-electron chi connectivity index (χ0n) is 50.2. The minimum Gasteiger partial charge on any atom is -0.457 e. The zero-order chi connectivity index (χ0) is 64.4. The smallest absolute Gasteiger partial charge is 0.457 e. The molecule has 24 nitrogen and oxygen atoms in total. The average molecular weight is 1250 g/mol. The number of carbonyl (C=O) groups excluding carboxylic acids is 4. The molecule has 0 aliphatic heterocycles. The van der Waals surface area contributed by atoms with E-state index in [4.69, 9.17) is 46.8 Å². The van der Waals surface area contributed by atoms with Crippen LogP contribution in [-0.4, -0.2) is 63.2 Å². The summed E-state index contributed by atoms with van der Waals surface area (Å²) in [6, 6.07) is 42.4. The third-order valence-corrected chi connectivity index (χ3v) is 16.0. The molecule has 0 radical (unpaired) electrons. The van der Waals surface area contributed by atoms with Crippen LogP contribution < -0.4 is 31.8 Å². The third kappa shape index (κ3) is 14.1. The van der Waals surface area contributed by atoms with Crippen molar-refractivity contribution in [2.45, 2.75) is 83.6 Å². The maximum atomic E-state index is 13.2. The van der Waals surface area contributed by atoms with Crippen molar-refractivity contribution in [3.8, 4) is 56.8 Å². The van der Waals surface area contributed by atoms with Crippen LogP contribution in [0.15, 0.2) is 205 Å². The van der Waals surface area contributed by atoms with Crippen molar-refractivity contribution in [3.05, 3.63) is 216 Å². The lowest BCUT2D eigenvalue weighted by Crippen LogP contribution is -2.24. The molecule has 4 atom stereocenters. The Hall–Kier alpha value is -11.8. The highest BCUT2D eigenvalue weighted by molar-refractivity contribution is 6.04. The van der Waals surface area contributed by atoms with E-state index >= 15 is 0 Å². The van der Waals surface area contributed by atoms with Crippen molar-refractivity contribution in [1.82, 2.24) is 39.5 Å². The monoisotopic (exact) mass is 1250 g/mol. The second-order valence-corrected chi connectivity index (χ2v) is 22.0. The summed E-state index contributed by atoms with van der Waals surface area (Å²) >= 11 is 0. The molecule has 2 amide bonds. The molecule has 5 aromatic carbocycles. The Labute approximate surface area is 529 Å². The molecular weight excluding hydrogens is 1190 g/mol. The van der Waals surface area contributed by atoms with Crippen LogP contribution in [-0.2, 0) is 32.3 Å². The van der Waals surface area contributed by atoms with Crippen LogP contribution >= 0.6 is 0 Å². The predicted molar refractivity (Wildman–Crippen MR) is 339 cm³/mol. The number of hydrogen-bond acceptors (Lipinski definition) is 20. The fourth-order valence-corrected chi connectivity index (χ4v) is 11.5. The standard InChI is InChI=1S/C37H31N5O7.C32H29N5O7/c1-2-29(43)25-12-9-13-26(20-25)42-35-31(32(41-42)23-16-18-28(19-17-23)47-27-14-7-4-8-15-27)34(38-22-39-35)40-36(44)46-21-30-33(49-37(45)48-30)24-10-5-3-6-11-24;1-3-25(38)21-8-7-9-22(16-21)37-30-27(28(36-37)20-12-14-24(15-13-20)43-23-10-5-4-6-11-23)29(33-18-34-30)35-31(39)41-17-26-19(2)42-32(40)44-26/h2-8,10-11,14-19,22,25-26H,1,9,12-13,20-21H2,(H,38,39,40,44);3-6,10-15,18,21-22H,1,7-9,16-17H2,2H3,(H,33,34,35,39)/t25?,26-;21?,22-/m11/s1. The minimum atomic E-state index is -0.910. The van der Waals surface area contributed by atoms with E-state index in [0.29, 0.717) is 74.9 Å². The van der Waals surface area contributed by atoms with Crippen LogP contribution in [0.5, 0.6) is 23.0 Å². The van der Waals surface area contributed by atoms with E-state index in [-0.39, 0.29) is 83.4 Å². The summed E-state index contributed by atoms with van der Waals surface area (Å²) in [7, 11) is 0. The quantitative estimate of drug-likeness (QED) is 0.0711. The number of nitrogens with one attached hydrogen (secondary N) is 2. The molecule has 2 fully saturated rings. The molecular formula is C69H60N10O14. The van der Waals surface area contributed by atoms with Crippen LogP contribution in [0, 0.1) is 18.8 Å². The molecule has 2 unspecified atom stereocenters. The number of nitrogens with zero attached hydrogens (tertiary/aromatic N) is 8. The number of aryl methyl sites for hydroxylation is 1. The van der Waals surface area contributed by atoms with Crippen molar-refractivity contribution in [3.63, 3.8) is 0 Å². The Bertz CT molecular complexity index is 4630. The van der Waals surface area contributed by atoms with E-state index in [0.717, 1.165) is 49.7 Å². The van der Waals surface area contributed by atoms with E-state index in [1.54, 1.807) is 24.3 Å². The Balaban J connectivity index is 0.000000180. The van der Waals surface area contributed by atoms with Crippen LogP contribution in [0.1, 0.15) is 80.7 Å². The number of rotatable bonds is 19. The molecule has 0 bridgehead atoms. The fourth-order valence-electron chi connectivity index (χ4n) is 11.5. The molecule has 2 aliphatic carbocycles. The lowest BCUT2D eigenvalue weighted by molar-refractivity contribution is -0.120. The molecule has 0 spiro atoms. The lowest BCUT2D eigenvalue weighted by Gasteiger charge is -2.28. The number of benzene rings is 5. The number of para-hydroxylation sites is 2. The molecule has 24 heteroatoms. The third-order valence-electron chi connectivity index (χ3n) is 16.0. The van der Waals surface area contributed by atoms with Gasteiger partial charge < -0.3 is 36.6 Å². The van der Waals surface area contributed by atoms with Gasteiger partial charge in [-0.3, -0.25) is 20.2 Å². The highest BCUT2D eigenvalue weighted by atomic mass is 16.6. The summed E-state index contributed by atoms with van der Waals surface area (Å²) in [5.74, 6) is 1.53.